The Morgan fingerprint density at radius 3 is 1.87 bits per heavy atom. The highest BCUT2D eigenvalue weighted by Gasteiger charge is 2.09. The molecule has 0 aliphatic heterocycles. The molecule has 2 heteroatoms. The highest BCUT2D eigenvalue weighted by molar-refractivity contribution is 6.09. The Bertz CT molecular complexity index is 1210. The van der Waals surface area contributed by atoms with Crippen LogP contribution in [0.25, 0.3) is 0 Å². The summed E-state index contributed by atoms with van der Waals surface area (Å²) in [7, 11) is 0. The first-order valence-electron chi connectivity index (χ1n) is 9.74. The number of carbonyl (C=O) groups excluding carboxylic acids is 1. The van der Waals surface area contributed by atoms with Crippen molar-refractivity contribution in [3.8, 4) is 23.3 Å². The first-order valence-corrected chi connectivity index (χ1v) is 9.74. The van der Waals surface area contributed by atoms with Gasteiger partial charge in [0.05, 0.1) is 0 Å². The van der Waals surface area contributed by atoms with Crippen LogP contribution in [-0.2, 0) is 0 Å². The minimum Gasteiger partial charge on any atom is -0.457 e. The van der Waals surface area contributed by atoms with Crippen molar-refractivity contribution in [2.24, 2.45) is 0 Å². The predicted molar refractivity (Wildman–Crippen MR) is 120 cm³/mol. The molecule has 0 spiro atoms. The molecule has 0 radical (unpaired) electrons. The third-order valence-corrected chi connectivity index (χ3v) is 4.61. The van der Waals surface area contributed by atoms with E-state index in [1.54, 1.807) is 12.1 Å². The minimum atomic E-state index is -0.0281. The molecule has 0 saturated heterocycles. The van der Waals surface area contributed by atoms with Gasteiger partial charge in [-0.25, -0.2) is 0 Å². The summed E-state index contributed by atoms with van der Waals surface area (Å²) >= 11 is 0. The molecule has 144 valence electrons. The molecule has 0 amide bonds. The van der Waals surface area contributed by atoms with E-state index in [2.05, 4.69) is 11.8 Å². The second-order valence-electron chi connectivity index (χ2n) is 6.97. The van der Waals surface area contributed by atoms with E-state index in [1.165, 1.54) is 0 Å². The molecular weight excluding hydrogens is 368 g/mol. The monoisotopic (exact) mass is 388 g/mol. The summed E-state index contributed by atoms with van der Waals surface area (Å²) in [4.78, 5) is 12.8. The van der Waals surface area contributed by atoms with Crippen molar-refractivity contribution >= 4 is 5.78 Å². The molecule has 0 aliphatic carbocycles. The number of hydrogen-bond acceptors (Lipinski definition) is 2. The summed E-state index contributed by atoms with van der Waals surface area (Å²) in [5.41, 5.74) is 4.22. The lowest BCUT2D eigenvalue weighted by molar-refractivity contribution is 0.103. The van der Waals surface area contributed by atoms with E-state index in [1.807, 2.05) is 97.9 Å². The molecule has 0 atom stereocenters. The van der Waals surface area contributed by atoms with Gasteiger partial charge in [0.1, 0.15) is 11.5 Å². The number of benzene rings is 4. The molecule has 30 heavy (non-hydrogen) atoms. The largest absolute Gasteiger partial charge is 0.457 e. The Morgan fingerprint density at radius 2 is 1.23 bits per heavy atom. The van der Waals surface area contributed by atoms with E-state index in [-0.39, 0.29) is 5.78 Å². The van der Waals surface area contributed by atoms with Gasteiger partial charge in [0, 0.05) is 22.3 Å². The molecule has 4 aromatic carbocycles. The van der Waals surface area contributed by atoms with Gasteiger partial charge in [-0.1, -0.05) is 42.2 Å². The fraction of sp³-hybridized carbons (Fsp3) is 0.0357. The van der Waals surface area contributed by atoms with Gasteiger partial charge in [-0.15, -0.1) is 0 Å². The summed E-state index contributed by atoms with van der Waals surface area (Å²) in [5, 5.41) is 0. The highest BCUT2D eigenvalue weighted by atomic mass is 16.5. The number of hydrogen-bond donors (Lipinski definition) is 0. The standard InChI is InChI=1S/C28H20O2/c1-21-6-5-9-27(20-21)30-26-18-16-25(17-19-26)28(29)24-14-12-23(13-15-24)11-10-22-7-3-2-4-8-22/h2-9,12-20H,1H3. The van der Waals surface area contributed by atoms with Crippen LogP contribution in [0.5, 0.6) is 11.5 Å². The highest BCUT2D eigenvalue weighted by Crippen LogP contribution is 2.23. The molecule has 0 fully saturated rings. The van der Waals surface area contributed by atoms with Crippen molar-refractivity contribution in [2.75, 3.05) is 0 Å². The van der Waals surface area contributed by atoms with Crippen LogP contribution in [0, 0.1) is 18.8 Å². The zero-order chi connectivity index (χ0) is 20.8. The molecule has 0 heterocycles. The Balaban J connectivity index is 1.44. The quantitative estimate of drug-likeness (QED) is 0.298. The van der Waals surface area contributed by atoms with E-state index in [9.17, 15) is 4.79 Å². The minimum absolute atomic E-state index is 0.0281. The SMILES string of the molecule is Cc1cccc(Oc2ccc(C(=O)c3ccc(C#Cc4ccccc4)cc3)cc2)c1. The van der Waals surface area contributed by atoms with Gasteiger partial charge in [-0.05, 0) is 85.3 Å². The third-order valence-electron chi connectivity index (χ3n) is 4.61. The molecular formula is C28H20O2. The topological polar surface area (TPSA) is 26.3 Å². The van der Waals surface area contributed by atoms with Gasteiger partial charge in [-0.2, -0.15) is 0 Å². The molecule has 4 aromatic rings. The van der Waals surface area contributed by atoms with Crippen LogP contribution < -0.4 is 4.74 Å². The van der Waals surface area contributed by atoms with E-state index < -0.39 is 0 Å². The van der Waals surface area contributed by atoms with Crippen molar-refractivity contribution in [2.45, 2.75) is 6.92 Å². The van der Waals surface area contributed by atoms with E-state index in [0.29, 0.717) is 16.9 Å². The number of ether oxygens (including phenoxy) is 1. The predicted octanol–water partition coefficient (Wildman–Crippen LogP) is 6.42. The first-order chi connectivity index (χ1) is 14.7. The smallest absolute Gasteiger partial charge is 0.193 e. The van der Waals surface area contributed by atoms with Gasteiger partial charge in [0.25, 0.3) is 0 Å². The average Bonchev–Trinajstić information content (AvgIpc) is 2.79. The Morgan fingerprint density at radius 1 is 0.633 bits per heavy atom. The van der Waals surface area contributed by atoms with Crippen LogP contribution in [0.1, 0.15) is 32.6 Å². The zero-order valence-corrected chi connectivity index (χ0v) is 16.6. The number of carbonyl (C=O) groups is 1. The van der Waals surface area contributed by atoms with Crippen molar-refractivity contribution in [3.05, 3.63) is 131 Å². The van der Waals surface area contributed by atoms with Crippen LogP contribution in [0.2, 0.25) is 0 Å². The van der Waals surface area contributed by atoms with Crippen LogP contribution in [0.4, 0.5) is 0 Å². The first kappa shape index (κ1) is 19.2. The van der Waals surface area contributed by atoms with Crippen molar-refractivity contribution < 1.29 is 9.53 Å². The lowest BCUT2D eigenvalue weighted by Crippen LogP contribution is -2.01. The lowest BCUT2D eigenvalue weighted by Gasteiger charge is -2.07. The fourth-order valence-electron chi connectivity index (χ4n) is 3.03. The summed E-state index contributed by atoms with van der Waals surface area (Å²) in [6.45, 7) is 2.02. The van der Waals surface area contributed by atoms with E-state index in [0.717, 1.165) is 22.4 Å². The number of rotatable bonds is 4. The molecule has 0 unspecified atom stereocenters. The summed E-state index contributed by atoms with van der Waals surface area (Å²) < 4.78 is 5.85. The fourth-order valence-corrected chi connectivity index (χ4v) is 3.03. The van der Waals surface area contributed by atoms with Crippen molar-refractivity contribution in [1.29, 1.82) is 0 Å². The Hall–Kier alpha value is -4.09. The Labute approximate surface area is 176 Å². The summed E-state index contributed by atoms with van der Waals surface area (Å²) in [6.07, 6.45) is 0. The third kappa shape index (κ3) is 4.84. The molecule has 0 N–H and O–H groups in total. The second kappa shape index (κ2) is 8.94. The van der Waals surface area contributed by atoms with Gasteiger partial charge in [-0.3, -0.25) is 4.79 Å². The molecule has 4 rings (SSSR count). The molecule has 0 saturated carbocycles. The average molecular weight is 388 g/mol. The maximum absolute atomic E-state index is 12.8. The van der Waals surface area contributed by atoms with E-state index in [4.69, 9.17) is 4.74 Å². The van der Waals surface area contributed by atoms with Gasteiger partial charge in [0.15, 0.2) is 5.78 Å². The summed E-state index contributed by atoms with van der Waals surface area (Å²) in [6, 6.07) is 32.3. The lowest BCUT2D eigenvalue weighted by atomic mass is 10.0. The van der Waals surface area contributed by atoms with Crippen molar-refractivity contribution in [3.63, 3.8) is 0 Å². The van der Waals surface area contributed by atoms with Crippen LogP contribution in [0.15, 0.2) is 103 Å². The number of aryl methyl sites for hydroxylation is 1. The van der Waals surface area contributed by atoms with Crippen LogP contribution in [0.3, 0.4) is 0 Å². The zero-order valence-electron chi connectivity index (χ0n) is 16.6. The molecule has 0 aromatic heterocycles. The maximum atomic E-state index is 12.8. The Kier molecular flexibility index (Phi) is 5.73. The van der Waals surface area contributed by atoms with Gasteiger partial charge < -0.3 is 4.74 Å². The van der Waals surface area contributed by atoms with E-state index >= 15 is 0 Å². The molecule has 0 aliphatic rings. The second-order valence-corrected chi connectivity index (χ2v) is 6.97. The molecule has 0 bridgehead atoms. The van der Waals surface area contributed by atoms with Crippen molar-refractivity contribution in [1.82, 2.24) is 0 Å². The normalized spacial score (nSPS) is 10.0. The van der Waals surface area contributed by atoms with Crippen LogP contribution >= 0.6 is 0 Å². The van der Waals surface area contributed by atoms with Gasteiger partial charge >= 0.3 is 0 Å². The summed E-state index contributed by atoms with van der Waals surface area (Å²) in [5.74, 6) is 7.69. The molecule has 2 nitrogen and oxygen atoms in total. The van der Waals surface area contributed by atoms with Gasteiger partial charge in [0.2, 0.25) is 0 Å². The number of ketones is 1. The maximum Gasteiger partial charge on any atom is 0.193 e. The van der Waals surface area contributed by atoms with Crippen LogP contribution in [-0.4, -0.2) is 5.78 Å².